The van der Waals surface area contributed by atoms with Gasteiger partial charge in [-0.1, -0.05) is 41.5 Å². The summed E-state index contributed by atoms with van der Waals surface area (Å²) < 4.78 is 5.81. The fourth-order valence-corrected chi connectivity index (χ4v) is 3.57. The Kier molecular flexibility index (Phi) is 7.28. The molecule has 158 valence electrons. The van der Waals surface area contributed by atoms with E-state index >= 15 is 0 Å². The molecular formula is C24H34N2O2S. The van der Waals surface area contributed by atoms with Gasteiger partial charge in [0, 0.05) is 28.3 Å². The van der Waals surface area contributed by atoms with Gasteiger partial charge in [0.15, 0.2) is 0 Å². The number of ether oxygens (including phenoxy) is 1. The monoisotopic (exact) mass is 414 g/mol. The normalized spacial score (nSPS) is 11.9. The lowest BCUT2D eigenvalue weighted by Gasteiger charge is -2.30. The number of carbonyl (C=O) groups is 1. The highest BCUT2D eigenvalue weighted by Gasteiger charge is 2.27. The van der Waals surface area contributed by atoms with Gasteiger partial charge in [0.1, 0.15) is 5.75 Å². The summed E-state index contributed by atoms with van der Waals surface area (Å²) >= 11 is 1.67. The first kappa shape index (κ1) is 23.1. The molecule has 0 spiro atoms. The Morgan fingerprint density at radius 2 is 1.48 bits per heavy atom. The van der Waals surface area contributed by atoms with Crippen molar-refractivity contribution in [2.24, 2.45) is 0 Å². The van der Waals surface area contributed by atoms with Crippen LogP contribution in [0.25, 0.3) is 0 Å². The molecule has 2 N–H and O–H groups in total. The largest absolute Gasteiger partial charge is 0.496 e. The number of benzene rings is 2. The Balaban J connectivity index is 2.22. The summed E-state index contributed by atoms with van der Waals surface area (Å²) in [4.78, 5) is 13.5. The molecule has 0 saturated heterocycles. The van der Waals surface area contributed by atoms with Crippen LogP contribution in [0.2, 0.25) is 0 Å². The molecule has 0 unspecified atom stereocenters. The van der Waals surface area contributed by atoms with Crippen LogP contribution in [0.5, 0.6) is 5.75 Å². The molecule has 0 atom stereocenters. The van der Waals surface area contributed by atoms with E-state index in [1.807, 2.05) is 30.5 Å². The third-order valence-corrected chi connectivity index (χ3v) is 5.51. The molecular weight excluding hydrogens is 380 g/mol. The van der Waals surface area contributed by atoms with Crippen molar-refractivity contribution in [2.45, 2.75) is 63.8 Å². The van der Waals surface area contributed by atoms with E-state index in [2.05, 4.69) is 64.3 Å². The van der Waals surface area contributed by atoms with Crippen molar-refractivity contribution in [2.75, 3.05) is 18.7 Å². The van der Waals surface area contributed by atoms with E-state index in [9.17, 15) is 4.79 Å². The van der Waals surface area contributed by atoms with E-state index in [1.54, 1.807) is 18.9 Å². The minimum Gasteiger partial charge on any atom is -0.496 e. The van der Waals surface area contributed by atoms with Crippen molar-refractivity contribution < 1.29 is 9.53 Å². The summed E-state index contributed by atoms with van der Waals surface area (Å²) in [6.45, 7) is 13.5. The van der Waals surface area contributed by atoms with Crippen LogP contribution in [0.3, 0.4) is 0 Å². The summed E-state index contributed by atoms with van der Waals surface area (Å²) in [6, 6.07) is 11.9. The Morgan fingerprint density at radius 3 is 1.90 bits per heavy atom. The van der Waals surface area contributed by atoms with Crippen molar-refractivity contribution in [1.29, 1.82) is 0 Å². The molecule has 0 heterocycles. The third-order valence-electron chi connectivity index (χ3n) is 4.77. The smallest absolute Gasteiger partial charge is 0.319 e. The van der Waals surface area contributed by atoms with E-state index in [-0.39, 0.29) is 16.9 Å². The van der Waals surface area contributed by atoms with Gasteiger partial charge in [0.05, 0.1) is 7.11 Å². The van der Waals surface area contributed by atoms with Gasteiger partial charge in [-0.2, -0.15) is 0 Å². The average Bonchev–Trinajstić information content (AvgIpc) is 2.64. The molecule has 0 aliphatic rings. The number of nitrogens with one attached hydrogen (secondary N) is 2. The topological polar surface area (TPSA) is 50.4 Å². The zero-order valence-electron chi connectivity index (χ0n) is 18.9. The van der Waals surface area contributed by atoms with Crippen LogP contribution in [0.1, 0.15) is 58.2 Å². The molecule has 0 bridgehead atoms. The van der Waals surface area contributed by atoms with Crippen molar-refractivity contribution in [3.63, 3.8) is 0 Å². The first-order valence-corrected chi connectivity index (χ1v) is 11.1. The Bertz CT molecular complexity index is 812. The average molecular weight is 415 g/mol. The number of anilines is 1. The maximum absolute atomic E-state index is 12.4. The van der Waals surface area contributed by atoms with Gasteiger partial charge in [-0.25, -0.2) is 4.79 Å². The van der Waals surface area contributed by atoms with Crippen LogP contribution in [0.15, 0.2) is 41.3 Å². The second kappa shape index (κ2) is 9.12. The van der Waals surface area contributed by atoms with Crippen LogP contribution < -0.4 is 15.4 Å². The number of thioether (sulfide) groups is 1. The predicted octanol–water partition coefficient (Wildman–Crippen LogP) is 6.33. The van der Waals surface area contributed by atoms with Gasteiger partial charge in [-0.3, -0.25) is 0 Å². The maximum Gasteiger partial charge on any atom is 0.319 e. The highest BCUT2D eigenvalue weighted by atomic mass is 32.2. The number of rotatable bonds is 5. The molecule has 2 aromatic rings. The molecule has 0 aliphatic carbocycles. The maximum atomic E-state index is 12.4. The molecule has 0 aromatic heterocycles. The van der Waals surface area contributed by atoms with E-state index in [4.69, 9.17) is 4.74 Å². The second-order valence-electron chi connectivity index (χ2n) is 9.26. The molecule has 2 aromatic carbocycles. The number of carbonyl (C=O) groups excluding carboxylic acids is 1. The fraction of sp³-hybridized carbons (Fsp3) is 0.458. The summed E-state index contributed by atoms with van der Waals surface area (Å²) in [5.41, 5.74) is 4.01. The molecule has 4 nitrogen and oxygen atoms in total. The molecule has 0 radical (unpaired) electrons. The molecule has 2 amide bonds. The van der Waals surface area contributed by atoms with E-state index in [1.165, 1.54) is 4.90 Å². The van der Waals surface area contributed by atoms with Crippen molar-refractivity contribution in [1.82, 2.24) is 5.32 Å². The van der Waals surface area contributed by atoms with Gasteiger partial charge in [-0.15, -0.1) is 11.8 Å². The van der Waals surface area contributed by atoms with E-state index < -0.39 is 0 Å². The number of amides is 2. The lowest BCUT2D eigenvalue weighted by Crippen LogP contribution is -2.29. The number of urea groups is 1. The summed E-state index contributed by atoms with van der Waals surface area (Å²) in [5, 5.41) is 5.87. The van der Waals surface area contributed by atoms with Crippen LogP contribution in [-0.2, 0) is 17.4 Å². The molecule has 0 saturated carbocycles. The van der Waals surface area contributed by atoms with Gasteiger partial charge in [-0.05, 0) is 59.0 Å². The highest BCUT2D eigenvalue weighted by molar-refractivity contribution is 7.98. The Labute approximate surface area is 179 Å². The fourth-order valence-electron chi connectivity index (χ4n) is 3.16. The predicted molar refractivity (Wildman–Crippen MR) is 124 cm³/mol. The number of hydrogen-bond acceptors (Lipinski definition) is 3. The van der Waals surface area contributed by atoms with Crippen molar-refractivity contribution >= 4 is 23.5 Å². The van der Waals surface area contributed by atoms with Gasteiger partial charge in [0.25, 0.3) is 0 Å². The minimum atomic E-state index is -0.215. The summed E-state index contributed by atoms with van der Waals surface area (Å²) in [6.07, 6.45) is 2.03. The van der Waals surface area contributed by atoms with Crippen LogP contribution in [-0.4, -0.2) is 19.4 Å². The van der Waals surface area contributed by atoms with Gasteiger partial charge < -0.3 is 15.4 Å². The Hall–Kier alpha value is -2.14. The SMILES string of the molecule is COc1c(C(C)(C)C)cc(CNC(=O)Nc2ccc(SC)cc2)cc1C(C)(C)C. The van der Waals surface area contributed by atoms with Crippen LogP contribution >= 0.6 is 11.8 Å². The molecule has 0 aliphatic heterocycles. The lowest BCUT2D eigenvalue weighted by atomic mass is 9.78. The molecule has 0 fully saturated rings. The second-order valence-corrected chi connectivity index (χ2v) is 10.1. The summed E-state index contributed by atoms with van der Waals surface area (Å²) in [5.74, 6) is 0.937. The zero-order valence-corrected chi connectivity index (χ0v) is 19.7. The number of methoxy groups -OCH3 is 1. The van der Waals surface area contributed by atoms with E-state index in [0.717, 1.165) is 28.1 Å². The van der Waals surface area contributed by atoms with Crippen molar-refractivity contribution in [3.05, 3.63) is 53.1 Å². The summed E-state index contributed by atoms with van der Waals surface area (Å²) in [7, 11) is 1.73. The highest BCUT2D eigenvalue weighted by Crippen LogP contribution is 2.40. The number of hydrogen-bond donors (Lipinski definition) is 2. The molecule has 29 heavy (non-hydrogen) atoms. The molecule has 2 rings (SSSR count). The first-order valence-electron chi connectivity index (χ1n) is 9.86. The third kappa shape index (κ3) is 6.17. The van der Waals surface area contributed by atoms with E-state index in [0.29, 0.717) is 6.54 Å². The van der Waals surface area contributed by atoms with Crippen LogP contribution in [0.4, 0.5) is 10.5 Å². The minimum absolute atomic E-state index is 0.0668. The molecule has 5 heteroatoms. The van der Waals surface area contributed by atoms with Gasteiger partial charge >= 0.3 is 6.03 Å². The van der Waals surface area contributed by atoms with Crippen LogP contribution in [0, 0.1) is 0 Å². The quantitative estimate of drug-likeness (QED) is 0.562. The van der Waals surface area contributed by atoms with Gasteiger partial charge in [0.2, 0.25) is 0 Å². The lowest BCUT2D eigenvalue weighted by molar-refractivity contribution is 0.251. The zero-order chi connectivity index (χ0) is 21.8. The first-order chi connectivity index (χ1) is 13.5. The Morgan fingerprint density at radius 1 is 0.966 bits per heavy atom. The standard InChI is InChI=1S/C24H34N2O2S/c1-23(2,3)19-13-16(14-20(21(19)28-7)24(4,5)6)15-25-22(27)26-17-9-11-18(29-8)12-10-17/h9-14H,15H2,1-8H3,(H2,25,26,27). The van der Waals surface area contributed by atoms with Crippen molar-refractivity contribution in [3.8, 4) is 5.75 Å².